The van der Waals surface area contributed by atoms with Crippen LogP contribution in [0.5, 0.6) is 0 Å². The molecule has 0 unspecified atom stereocenters. The molecule has 19 heavy (non-hydrogen) atoms. The molecule has 3 rings (SSSR count). The number of nitrogen functional groups attached to an aromatic ring is 1. The third-order valence-corrected chi connectivity index (χ3v) is 4.00. The molecule has 9 heteroatoms. The summed E-state index contributed by atoms with van der Waals surface area (Å²) >= 11 is 1.24. The van der Waals surface area contributed by atoms with Gasteiger partial charge >= 0.3 is 0 Å². The lowest BCUT2D eigenvalue weighted by Crippen LogP contribution is -2.34. The van der Waals surface area contributed by atoms with Crippen LogP contribution in [-0.4, -0.2) is 38.6 Å². The number of nitrogens with one attached hydrogen (secondary N) is 1. The summed E-state index contributed by atoms with van der Waals surface area (Å²) in [5.41, 5.74) is 6.22. The lowest BCUT2D eigenvalue weighted by atomic mass is 10.2. The van der Waals surface area contributed by atoms with Crippen LogP contribution < -0.4 is 16.0 Å². The molecule has 3 N–H and O–H groups in total. The molecule has 1 aliphatic heterocycles. The van der Waals surface area contributed by atoms with Crippen LogP contribution in [0.1, 0.15) is 16.2 Å². The van der Waals surface area contributed by atoms with Crippen LogP contribution in [0.2, 0.25) is 0 Å². The van der Waals surface area contributed by atoms with Gasteiger partial charge in [0.05, 0.1) is 6.54 Å². The van der Waals surface area contributed by atoms with Crippen LogP contribution in [0.4, 0.5) is 10.8 Å². The Morgan fingerprint density at radius 3 is 3.16 bits per heavy atom. The van der Waals surface area contributed by atoms with Gasteiger partial charge < -0.3 is 20.5 Å². The van der Waals surface area contributed by atoms with Gasteiger partial charge in [0, 0.05) is 20.1 Å². The molecule has 0 atom stereocenters. The first-order chi connectivity index (χ1) is 9.20. The predicted octanol–water partition coefficient (Wildman–Crippen LogP) is -0.303. The summed E-state index contributed by atoms with van der Waals surface area (Å²) in [6, 6.07) is 0. The highest BCUT2D eigenvalue weighted by molar-refractivity contribution is 7.11. The molecule has 0 spiro atoms. The summed E-state index contributed by atoms with van der Waals surface area (Å²) in [6.07, 6.45) is 1.72. The fourth-order valence-corrected chi connectivity index (χ4v) is 2.92. The molecule has 0 aromatic carbocycles. The highest BCUT2D eigenvalue weighted by Crippen LogP contribution is 2.32. The molecule has 0 radical (unpaired) electrons. The largest absolute Gasteiger partial charge is 0.382 e. The number of nitrogens with zero attached hydrogens (tertiary/aromatic N) is 5. The molecule has 0 saturated carbocycles. The molecule has 0 saturated heterocycles. The molecule has 8 nitrogen and oxygen atoms in total. The highest BCUT2D eigenvalue weighted by Gasteiger charge is 2.26. The average Bonchev–Trinajstić information content (AvgIpc) is 3.03. The minimum atomic E-state index is -0.215. The molecule has 3 heterocycles. The fraction of sp³-hybridized carbons (Fsp3) is 0.400. The Kier molecular flexibility index (Phi) is 2.82. The van der Waals surface area contributed by atoms with E-state index in [9.17, 15) is 4.79 Å². The van der Waals surface area contributed by atoms with Gasteiger partial charge in [0.2, 0.25) is 0 Å². The van der Waals surface area contributed by atoms with Gasteiger partial charge in [-0.05, 0) is 11.5 Å². The van der Waals surface area contributed by atoms with Crippen LogP contribution in [-0.2, 0) is 13.1 Å². The van der Waals surface area contributed by atoms with Crippen molar-refractivity contribution >= 4 is 28.3 Å². The Labute approximate surface area is 113 Å². The van der Waals surface area contributed by atoms with Gasteiger partial charge in [0.1, 0.15) is 16.9 Å². The number of rotatable bonds is 2. The van der Waals surface area contributed by atoms with Gasteiger partial charge in [-0.1, -0.05) is 0 Å². The Morgan fingerprint density at radius 2 is 2.37 bits per heavy atom. The fourth-order valence-electron chi connectivity index (χ4n) is 2.09. The Morgan fingerprint density at radius 1 is 1.53 bits per heavy atom. The molecule has 1 amide bonds. The van der Waals surface area contributed by atoms with E-state index in [1.165, 1.54) is 11.5 Å². The molecule has 100 valence electrons. The lowest BCUT2D eigenvalue weighted by molar-refractivity contribution is 0.0964. The number of anilines is 2. The van der Waals surface area contributed by atoms with Crippen LogP contribution in [0, 0.1) is 0 Å². The Balaban J connectivity index is 1.94. The minimum Gasteiger partial charge on any atom is -0.382 e. The number of hydrogen-bond donors (Lipinski definition) is 2. The van der Waals surface area contributed by atoms with Crippen molar-refractivity contribution in [2.24, 2.45) is 0 Å². The summed E-state index contributed by atoms with van der Waals surface area (Å²) in [5, 5.41) is 11.3. The van der Waals surface area contributed by atoms with Crippen LogP contribution in [0.15, 0.2) is 6.33 Å². The molecule has 1 aliphatic rings. The minimum absolute atomic E-state index is 0.215. The van der Waals surface area contributed by atoms with Crippen molar-refractivity contribution in [3.8, 4) is 0 Å². The van der Waals surface area contributed by atoms with Gasteiger partial charge in [-0.3, -0.25) is 4.79 Å². The number of fused-ring (bicyclic) bond motifs is 1. The smallest absolute Gasteiger partial charge is 0.257 e. The van der Waals surface area contributed by atoms with E-state index in [1.807, 2.05) is 4.57 Å². The molecule has 2 aromatic rings. The van der Waals surface area contributed by atoms with E-state index in [-0.39, 0.29) is 11.7 Å². The maximum atomic E-state index is 11.9. The standard InChI is InChI=1S/C10H13N7OS/c1-12-9(18)7-8(11)15-19-10(7)16-2-3-17-5-13-14-6(17)4-16/h5H,2-4H2,1H3,(H2,11,15)(H,12,18). The zero-order valence-corrected chi connectivity index (χ0v) is 11.1. The predicted molar refractivity (Wildman–Crippen MR) is 71.0 cm³/mol. The lowest BCUT2D eigenvalue weighted by Gasteiger charge is -2.27. The van der Waals surface area contributed by atoms with Crippen molar-refractivity contribution in [1.29, 1.82) is 0 Å². The number of amides is 1. The van der Waals surface area contributed by atoms with Crippen molar-refractivity contribution < 1.29 is 4.79 Å². The van der Waals surface area contributed by atoms with E-state index in [4.69, 9.17) is 5.73 Å². The van der Waals surface area contributed by atoms with Crippen LogP contribution >= 0.6 is 11.5 Å². The Bertz CT molecular complexity index is 619. The second-order valence-corrected chi connectivity index (χ2v) is 4.94. The SMILES string of the molecule is CNC(=O)c1c(N)nsc1N1CCn2cnnc2C1. The topological polar surface area (TPSA) is 102 Å². The van der Waals surface area contributed by atoms with Gasteiger partial charge in [0.15, 0.2) is 11.6 Å². The maximum absolute atomic E-state index is 11.9. The highest BCUT2D eigenvalue weighted by atomic mass is 32.1. The van der Waals surface area contributed by atoms with E-state index in [0.717, 1.165) is 23.9 Å². The summed E-state index contributed by atoms with van der Waals surface area (Å²) in [5.74, 6) is 0.931. The second-order valence-electron chi connectivity index (χ2n) is 4.19. The zero-order valence-electron chi connectivity index (χ0n) is 10.3. The first-order valence-corrected chi connectivity index (χ1v) is 6.57. The summed E-state index contributed by atoms with van der Waals surface area (Å²) in [6.45, 7) is 2.16. The molecular formula is C10H13N7OS. The Hall–Kier alpha value is -2.16. The third-order valence-electron chi connectivity index (χ3n) is 3.08. The normalized spacial score (nSPS) is 14.3. The third kappa shape index (κ3) is 1.91. The number of aromatic nitrogens is 4. The summed E-state index contributed by atoms with van der Waals surface area (Å²) in [7, 11) is 1.58. The molecular weight excluding hydrogens is 266 g/mol. The van der Waals surface area contributed by atoms with Crippen LogP contribution in [0.3, 0.4) is 0 Å². The molecule has 0 fully saturated rings. The van der Waals surface area contributed by atoms with Gasteiger partial charge in [-0.2, -0.15) is 4.37 Å². The first-order valence-electron chi connectivity index (χ1n) is 5.79. The van der Waals surface area contributed by atoms with Gasteiger partial charge in [0.25, 0.3) is 5.91 Å². The van der Waals surface area contributed by atoms with E-state index >= 15 is 0 Å². The monoisotopic (exact) mass is 279 g/mol. The molecule has 2 aromatic heterocycles. The van der Waals surface area contributed by atoms with E-state index in [1.54, 1.807) is 13.4 Å². The number of carbonyl (C=O) groups excluding carboxylic acids is 1. The van der Waals surface area contributed by atoms with Crippen molar-refractivity contribution in [1.82, 2.24) is 24.5 Å². The zero-order chi connectivity index (χ0) is 13.4. The van der Waals surface area contributed by atoms with E-state index in [0.29, 0.717) is 12.1 Å². The van der Waals surface area contributed by atoms with Crippen LogP contribution in [0.25, 0.3) is 0 Å². The maximum Gasteiger partial charge on any atom is 0.257 e. The molecule has 0 bridgehead atoms. The van der Waals surface area contributed by atoms with Gasteiger partial charge in [-0.15, -0.1) is 10.2 Å². The van der Waals surface area contributed by atoms with E-state index < -0.39 is 0 Å². The summed E-state index contributed by atoms with van der Waals surface area (Å²) in [4.78, 5) is 13.9. The van der Waals surface area contributed by atoms with Crippen molar-refractivity contribution in [3.05, 3.63) is 17.7 Å². The summed E-state index contributed by atoms with van der Waals surface area (Å²) < 4.78 is 6.08. The first kappa shape index (κ1) is 11.9. The molecule has 0 aliphatic carbocycles. The average molecular weight is 279 g/mol. The number of carbonyl (C=O) groups is 1. The quantitative estimate of drug-likeness (QED) is 0.782. The van der Waals surface area contributed by atoms with Crippen molar-refractivity contribution in [2.45, 2.75) is 13.1 Å². The van der Waals surface area contributed by atoms with E-state index in [2.05, 4.69) is 24.8 Å². The second kappa shape index (κ2) is 4.50. The van der Waals surface area contributed by atoms with Crippen molar-refractivity contribution in [3.63, 3.8) is 0 Å². The van der Waals surface area contributed by atoms with Crippen molar-refractivity contribution in [2.75, 3.05) is 24.2 Å². The number of nitrogens with two attached hydrogens (primary N) is 1. The van der Waals surface area contributed by atoms with Gasteiger partial charge in [-0.25, -0.2) is 0 Å². The number of hydrogen-bond acceptors (Lipinski definition) is 7.